The van der Waals surface area contributed by atoms with E-state index in [4.69, 9.17) is 0 Å². The largest absolute Gasteiger partial charge is 0.355 e. The van der Waals surface area contributed by atoms with Gasteiger partial charge in [-0.1, -0.05) is 12.1 Å². The molecule has 0 unspecified atom stereocenters. The average molecular weight is 453 g/mol. The minimum absolute atomic E-state index is 0.0485. The zero-order valence-corrected chi connectivity index (χ0v) is 17.8. The zero-order valence-electron chi connectivity index (χ0n) is 17.8. The van der Waals surface area contributed by atoms with E-state index >= 15 is 0 Å². The van der Waals surface area contributed by atoms with E-state index in [1.165, 1.54) is 24.3 Å². The Morgan fingerprint density at radius 1 is 0.588 bits per heavy atom. The predicted octanol–water partition coefficient (Wildman–Crippen LogP) is 6.64. The van der Waals surface area contributed by atoms with E-state index in [1.807, 2.05) is 24.3 Å². The average Bonchev–Trinajstić information content (AvgIpc) is 2.83. The normalized spacial score (nSPS) is 11.5. The Morgan fingerprint density at radius 2 is 0.971 bits per heavy atom. The molecule has 4 aromatic rings. The van der Waals surface area contributed by atoms with Crippen LogP contribution in [0.4, 0.5) is 45.5 Å². The predicted molar refractivity (Wildman–Crippen MR) is 132 cm³/mol. The Morgan fingerprint density at radius 3 is 1.35 bits per heavy atom. The molecule has 5 rings (SSSR count). The molecule has 34 heavy (non-hydrogen) atoms. The topological polar surface area (TPSA) is 122 Å². The monoisotopic (exact) mass is 453 g/mol. The van der Waals surface area contributed by atoms with Gasteiger partial charge < -0.3 is 16.0 Å². The molecule has 1 heterocycles. The highest BCUT2D eigenvalue weighted by Gasteiger charge is 2.16. The van der Waals surface area contributed by atoms with Gasteiger partial charge in [-0.25, -0.2) is 0 Å². The van der Waals surface area contributed by atoms with Gasteiger partial charge in [-0.2, -0.15) is 0 Å². The molecule has 0 radical (unpaired) electrons. The van der Waals surface area contributed by atoms with Crippen LogP contribution in [0, 0.1) is 20.2 Å². The number of hydrogen-bond donors (Lipinski definition) is 3. The lowest BCUT2D eigenvalue weighted by Gasteiger charge is -2.23. The summed E-state index contributed by atoms with van der Waals surface area (Å²) in [6.45, 7) is 0. The van der Waals surface area contributed by atoms with Crippen LogP contribution in [0.1, 0.15) is 11.1 Å². The number of nitrogens with zero attached hydrogens (tertiary/aromatic N) is 2. The summed E-state index contributed by atoms with van der Waals surface area (Å²) in [5.41, 5.74) is 7.63. The molecule has 4 aromatic carbocycles. The van der Waals surface area contributed by atoms with Crippen molar-refractivity contribution in [3.63, 3.8) is 0 Å². The Balaban J connectivity index is 1.32. The number of rotatable bonds is 6. The van der Waals surface area contributed by atoms with Gasteiger partial charge in [-0.05, 0) is 59.7 Å². The molecule has 0 aliphatic carbocycles. The van der Waals surface area contributed by atoms with Crippen molar-refractivity contribution in [2.75, 3.05) is 16.0 Å². The van der Waals surface area contributed by atoms with E-state index in [0.717, 1.165) is 51.7 Å². The van der Waals surface area contributed by atoms with Crippen molar-refractivity contribution in [1.82, 2.24) is 0 Å². The SMILES string of the molecule is O=[N+]([O-])c1ccc(Nc2ccc3c(c2)Nc2cc(Nc4ccc([N+](=O)[O-])cc4)ccc2C3)cc1. The van der Waals surface area contributed by atoms with E-state index in [-0.39, 0.29) is 11.4 Å². The summed E-state index contributed by atoms with van der Waals surface area (Å²) in [7, 11) is 0. The number of nitro benzene ring substituents is 2. The molecule has 0 saturated carbocycles. The van der Waals surface area contributed by atoms with Crippen LogP contribution >= 0.6 is 0 Å². The number of anilines is 6. The summed E-state index contributed by atoms with van der Waals surface area (Å²) in [6, 6.07) is 24.7. The van der Waals surface area contributed by atoms with Gasteiger partial charge in [0, 0.05) is 64.8 Å². The fraction of sp³-hybridized carbons (Fsp3) is 0.0400. The quantitative estimate of drug-likeness (QED) is 0.195. The highest BCUT2D eigenvalue weighted by Crippen LogP contribution is 2.37. The van der Waals surface area contributed by atoms with Crippen LogP contribution < -0.4 is 16.0 Å². The maximum Gasteiger partial charge on any atom is 0.269 e. The van der Waals surface area contributed by atoms with Crippen molar-refractivity contribution in [3.05, 3.63) is 116 Å². The molecule has 1 aliphatic rings. The van der Waals surface area contributed by atoms with Crippen molar-refractivity contribution in [2.24, 2.45) is 0 Å². The lowest BCUT2D eigenvalue weighted by molar-refractivity contribution is -0.385. The second-order valence-corrected chi connectivity index (χ2v) is 7.90. The maximum absolute atomic E-state index is 10.8. The Labute approximate surface area is 194 Å². The van der Waals surface area contributed by atoms with Gasteiger partial charge in [0.15, 0.2) is 0 Å². The van der Waals surface area contributed by atoms with Gasteiger partial charge in [0.05, 0.1) is 9.85 Å². The number of hydrogen-bond acceptors (Lipinski definition) is 7. The lowest BCUT2D eigenvalue weighted by Crippen LogP contribution is -2.07. The van der Waals surface area contributed by atoms with Crippen molar-refractivity contribution >= 4 is 45.5 Å². The van der Waals surface area contributed by atoms with Gasteiger partial charge in [0.1, 0.15) is 0 Å². The molecule has 0 aromatic heterocycles. The molecular formula is C25H19N5O4. The number of fused-ring (bicyclic) bond motifs is 2. The smallest absolute Gasteiger partial charge is 0.269 e. The minimum atomic E-state index is -0.422. The molecule has 0 amide bonds. The molecule has 9 nitrogen and oxygen atoms in total. The molecule has 168 valence electrons. The number of nitro groups is 2. The highest BCUT2D eigenvalue weighted by molar-refractivity contribution is 5.79. The lowest BCUT2D eigenvalue weighted by atomic mass is 9.96. The molecular weight excluding hydrogens is 434 g/mol. The third kappa shape index (κ3) is 4.35. The molecule has 0 atom stereocenters. The first-order chi connectivity index (χ1) is 16.4. The second kappa shape index (κ2) is 8.55. The van der Waals surface area contributed by atoms with Crippen LogP contribution in [0.5, 0.6) is 0 Å². The first-order valence-corrected chi connectivity index (χ1v) is 10.5. The molecule has 1 aliphatic heterocycles. The van der Waals surface area contributed by atoms with Crippen LogP contribution in [-0.4, -0.2) is 9.85 Å². The molecule has 9 heteroatoms. The summed E-state index contributed by atoms with van der Waals surface area (Å²) in [5.74, 6) is 0. The third-order valence-electron chi connectivity index (χ3n) is 5.60. The van der Waals surface area contributed by atoms with Gasteiger partial charge in [0.25, 0.3) is 11.4 Å². The minimum Gasteiger partial charge on any atom is -0.355 e. The molecule has 0 fully saturated rings. The summed E-state index contributed by atoms with van der Waals surface area (Å²) in [5, 5.41) is 31.7. The summed E-state index contributed by atoms with van der Waals surface area (Å²) in [6.07, 6.45) is 0.785. The summed E-state index contributed by atoms with van der Waals surface area (Å²) in [4.78, 5) is 20.8. The number of nitrogens with one attached hydrogen (secondary N) is 3. The van der Waals surface area contributed by atoms with E-state index in [2.05, 4.69) is 28.1 Å². The maximum atomic E-state index is 10.8. The fourth-order valence-electron chi connectivity index (χ4n) is 3.87. The van der Waals surface area contributed by atoms with Crippen LogP contribution in [0.15, 0.2) is 84.9 Å². The van der Waals surface area contributed by atoms with Gasteiger partial charge in [-0.15, -0.1) is 0 Å². The van der Waals surface area contributed by atoms with Crippen LogP contribution in [0.2, 0.25) is 0 Å². The van der Waals surface area contributed by atoms with E-state index in [1.54, 1.807) is 24.3 Å². The van der Waals surface area contributed by atoms with Crippen LogP contribution in [-0.2, 0) is 6.42 Å². The zero-order chi connectivity index (χ0) is 23.7. The van der Waals surface area contributed by atoms with E-state index in [0.29, 0.717) is 0 Å². The molecule has 0 saturated heterocycles. The van der Waals surface area contributed by atoms with E-state index < -0.39 is 9.85 Å². The van der Waals surface area contributed by atoms with Crippen molar-refractivity contribution in [1.29, 1.82) is 0 Å². The van der Waals surface area contributed by atoms with E-state index in [9.17, 15) is 20.2 Å². The second-order valence-electron chi connectivity index (χ2n) is 7.90. The number of non-ortho nitro benzene ring substituents is 2. The van der Waals surface area contributed by atoms with Gasteiger partial charge >= 0.3 is 0 Å². The van der Waals surface area contributed by atoms with Crippen LogP contribution in [0.25, 0.3) is 0 Å². The molecule has 0 bridgehead atoms. The first kappa shape index (κ1) is 21.0. The number of benzene rings is 4. The fourth-order valence-corrected chi connectivity index (χ4v) is 3.87. The van der Waals surface area contributed by atoms with Crippen molar-refractivity contribution < 1.29 is 9.85 Å². The standard InChI is InChI=1S/C25H19N5O4/c31-29(32)22-9-5-18(6-10-22)26-20-3-1-16-13-17-2-4-21(15-25(17)28-24(16)14-20)27-19-7-11-23(12-8-19)30(33)34/h1-12,14-15,26-28H,13H2. The molecule has 0 spiro atoms. The van der Waals surface area contributed by atoms with Crippen LogP contribution in [0.3, 0.4) is 0 Å². The summed E-state index contributed by atoms with van der Waals surface area (Å²) >= 11 is 0. The summed E-state index contributed by atoms with van der Waals surface area (Å²) < 4.78 is 0. The molecule has 3 N–H and O–H groups in total. The van der Waals surface area contributed by atoms with Crippen molar-refractivity contribution in [3.8, 4) is 0 Å². The van der Waals surface area contributed by atoms with Gasteiger partial charge in [-0.3, -0.25) is 20.2 Å². The Bertz CT molecular complexity index is 1300. The van der Waals surface area contributed by atoms with Crippen molar-refractivity contribution in [2.45, 2.75) is 6.42 Å². The highest BCUT2D eigenvalue weighted by atomic mass is 16.6. The van der Waals surface area contributed by atoms with Gasteiger partial charge in [0.2, 0.25) is 0 Å². The first-order valence-electron chi connectivity index (χ1n) is 10.5. The Hall–Kier alpha value is -4.92. The Kier molecular flexibility index (Phi) is 5.27. The third-order valence-corrected chi connectivity index (χ3v) is 5.60.